The van der Waals surface area contributed by atoms with E-state index in [1.807, 2.05) is 27.4 Å². The number of alkyl halides is 1. The zero-order chi connectivity index (χ0) is 83.4. The predicted octanol–water partition coefficient (Wildman–Crippen LogP) is 12.8. The molecule has 1 amide bonds. The summed E-state index contributed by atoms with van der Waals surface area (Å²) in [6, 6.07) is 25.2. The van der Waals surface area contributed by atoms with E-state index in [9.17, 15) is 54.5 Å². The van der Waals surface area contributed by atoms with Gasteiger partial charge in [-0.15, -0.1) is 18.8 Å². The summed E-state index contributed by atoms with van der Waals surface area (Å²) in [6.45, 7) is 4.32. The lowest BCUT2D eigenvalue weighted by Crippen LogP contribution is -3.00. The molecule has 7 aromatic heterocycles. The normalized spacial score (nSPS) is 13.5. The van der Waals surface area contributed by atoms with Crippen molar-refractivity contribution in [2.24, 2.45) is 4.99 Å². The monoisotopic (exact) mass is 1750 g/mol. The Kier molecular flexibility index (Phi) is 44.2. The van der Waals surface area contributed by atoms with E-state index >= 15 is 0 Å². The van der Waals surface area contributed by atoms with Gasteiger partial charge >= 0.3 is 7.54 Å². The number of ether oxygens (including phenoxy) is 2. The number of methoxy groups -OCH3 is 1. The van der Waals surface area contributed by atoms with Gasteiger partial charge in [0.2, 0.25) is 11.8 Å². The first kappa shape index (κ1) is 95.9. The average molecular weight is 1760 g/mol. The van der Waals surface area contributed by atoms with Gasteiger partial charge in [0, 0.05) is 126 Å². The Morgan fingerprint density at radius 1 is 0.552 bits per heavy atom. The zero-order valence-corrected chi connectivity index (χ0v) is 68.6. The molecule has 33 heteroatoms. The largest absolute Gasteiger partial charge is 1.00 e. The summed E-state index contributed by atoms with van der Waals surface area (Å²) in [4.78, 5) is 92.6. The smallest absolute Gasteiger partial charge is 0.762 e. The molecule has 1 saturated heterocycles. The van der Waals surface area contributed by atoms with Gasteiger partial charge in [-0.05, 0) is 175 Å². The molecule has 1 fully saturated rings. The van der Waals surface area contributed by atoms with Crippen LogP contribution in [0.1, 0.15) is 156 Å². The van der Waals surface area contributed by atoms with Gasteiger partial charge < -0.3 is 29.6 Å². The number of nitrogens with zero attached hydrogens (tertiary/aromatic N) is 11. The fourth-order valence-corrected chi connectivity index (χ4v) is 12.2. The van der Waals surface area contributed by atoms with Crippen LogP contribution >= 0.6 is 44.3 Å². The second-order valence-electron chi connectivity index (χ2n) is 26.0. The fourth-order valence-electron chi connectivity index (χ4n) is 11.5. The topological polar surface area (TPSA) is 262 Å². The number of anilines is 1. The van der Waals surface area contributed by atoms with Crippen LogP contribution < -0.4 is 37.2 Å². The van der Waals surface area contributed by atoms with Crippen LogP contribution in [-0.2, 0) is 57.6 Å². The fraction of sp³-hybridized carbons (Fsp3) is 0.361. The number of hydrogen-bond acceptors (Lipinski definition) is 16. The molecule has 12 heterocycles. The van der Waals surface area contributed by atoms with Crippen molar-refractivity contribution in [1.29, 1.82) is 0 Å². The van der Waals surface area contributed by atoms with Gasteiger partial charge in [0.25, 0.3) is 23.2 Å². The molecule has 5 aliphatic rings. The summed E-state index contributed by atoms with van der Waals surface area (Å²) in [5.41, 5.74) is 11.7. The highest BCUT2D eigenvalue weighted by molar-refractivity contribution is 9.10. The lowest BCUT2D eigenvalue weighted by Gasteiger charge is -2.09. The number of amides is 1. The lowest BCUT2D eigenvalue weighted by atomic mass is 10.2. The number of rotatable bonds is 2. The number of nitrogens with two attached hydrogens (primary N) is 1. The predicted molar refractivity (Wildman–Crippen MR) is 445 cm³/mol. The van der Waals surface area contributed by atoms with Crippen molar-refractivity contribution in [3.05, 3.63) is 225 Å². The molecular formula is C83H91BBr2ClF8N13O8. The van der Waals surface area contributed by atoms with Crippen molar-refractivity contribution in [1.82, 2.24) is 53.9 Å². The van der Waals surface area contributed by atoms with E-state index in [4.69, 9.17) is 18.3 Å². The average Bonchev–Trinajstić information content (AvgIpc) is 1.72. The lowest BCUT2D eigenvalue weighted by molar-refractivity contribution is -0.121. The second-order valence-corrected chi connectivity index (χ2v) is 27.8. The Morgan fingerprint density at radius 2 is 0.931 bits per heavy atom. The first-order valence-electron chi connectivity index (χ1n) is 37.4. The van der Waals surface area contributed by atoms with E-state index < -0.39 is 14.7 Å². The molecule has 21 nitrogen and oxygen atoms in total. The Bertz CT molecular complexity index is 5070. The standard InChI is InChI=1S/2C20H16FN3O.C12H12BrN3O.C8H5F.C7H13NO.C6H5BrN2O2.C6H11NO.C3H9O.CH3F.BF3.ClH.FH/c2*21-16-6-4-5-14(11-16)8-9-15-12-17-19(22-13-15)20(25)24-10-3-1-2-7-18(24)23-17;13-8-6-9-11(14-7-8)12(17)16-5-3-1-2-4-10(16)15-9;1-2-7-4-3-5-8(9)6-7;1-9-7-5-3-2-4-6-8-7;7-4-1-5(8)6(9-2-4)11-3-10;8-6-4-2-1-3-5-7-6;1-4(2)3;1-2;2-1(3)4;;/h2*4-6,11-13H,1-3,7,10H2;6-7H,1-5H2;1,3-6H;2-6H2,1H3;1-3H,8H2;1-5H2,(H,7,8);1-3H3;1H3;;2*1H/q;;;;;;;+1;;;;/p-1/i;;;;;;;;1D;;;. The van der Waals surface area contributed by atoms with Gasteiger partial charge in [-0.2, -0.15) is 0 Å². The van der Waals surface area contributed by atoms with E-state index in [0.29, 0.717) is 79.7 Å². The summed E-state index contributed by atoms with van der Waals surface area (Å²) in [7, 11) is 2.78. The number of aryl methyl sites for hydroxylation is 3. The molecule has 616 valence electrons. The summed E-state index contributed by atoms with van der Waals surface area (Å²) in [5, 5.41) is 2.81. The number of halogens is 11. The zero-order valence-electron chi connectivity index (χ0n) is 65.6. The van der Waals surface area contributed by atoms with Crippen LogP contribution in [0.3, 0.4) is 0 Å². The molecule has 5 aliphatic heterocycles. The van der Waals surface area contributed by atoms with Crippen LogP contribution in [0.2, 0.25) is 0 Å². The summed E-state index contributed by atoms with van der Waals surface area (Å²) < 4.78 is 102. The Hall–Kier alpha value is -10.7. The molecule has 0 bridgehead atoms. The number of hydrogen-bond donors (Lipinski definition) is 2. The van der Waals surface area contributed by atoms with Crippen LogP contribution in [0.5, 0.6) is 5.88 Å². The minimum Gasteiger partial charge on any atom is -1.00 e. The van der Waals surface area contributed by atoms with Gasteiger partial charge in [0.05, 0.1) is 37.9 Å². The van der Waals surface area contributed by atoms with Crippen molar-refractivity contribution < 1.29 is 60.0 Å². The number of aliphatic imine (C=N–C) groups is 1. The summed E-state index contributed by atoms with van der Waals surface area (Å²) >= 11 is 6.52. The molecule has 10 aromatic rings. The maximum atomic E-state index is 13.2. The molecule has 3 aromatic carbocycles. The van der Waals surface area contributed by atoms with Crippen molar-refractivity contribution >= 4 is 109 Å². The maximum Gasteiger partial charge on any atom is 0.762 e. The number of nitrogens with one attached hydrogen (secondary N) is 1. The quantitative estimate of drug-likeness (QED) is 0.0536. The molecule has 0 unspecified atom stereocenters. The van der Waals surface area contributed by atoms with E-state index in [1.165, 1.54) is 68.3 Å². The van der Waals surface area contributed by atoms with Gasteiger partial charge in [-0.1, -0.05) is 79.9 Å². The molecule has 3 N–H and O–H groups in total. The summed E-state index contributed by atoms with van der Waals surface area (Å²) in [5.74, 6) is 17.0. The summed E-state index contributed by atoms with van der Waals surface area (Å²) in [6.07, 6.45) is 32.4. The molecule has 116 heavy (non-hydrogen) atoms. The third-order valence-corrected chi connectivity index (χ3v) is 17.6. The van der Waals surface area contributed by atoms with Gasteiger partial charge in [0.1, 0.15) is 56.3 Å². The number of benzene rings is 3. The Labute approximate surface area is 692 Å². The van der Waals surface area contributed by atoms with Crippen molar-refractivity contribution in [2.75, 3.05) is 54.4 Å². The van der Waals surface area contributed by atoms with Crippen LogP contribution in [0.25, 0.3) is 33.1 Å². The molecule has 0 aliphatic carbocycles. The van der Waals surface area contributed by atoms with Gasteiger partial charge in [-0.3, -0.25) is 60.0 Å². The highest BCUT2D eigenvalue weighted by Crippen LogP contribution is 2.23. The van der Waals surface area contributed by atoms with Gasteiger partial charge in [0.15, 0.2) is 22.4 Å². The molecule has 0 saturated carbocycles. The van der Waals surface area contributed by atoms with E-state index in [1.54, 1.807) is 94.0 Å². The molecule has 0 spiro atoms. The Morgan fingerprint density at radius 3 is 1.35 bits per heavy atom. The molecular weight excluding hydrogens is 1670 g/mol. The number of aromatic nitrogens is 10. The van der Waals surface area contributed by atoms with E-state index in [2.05, 4.69) is 116 Å². The number of carbonyl (C=O) groups is 2. The SMILES string of the molecule is C#Cc1cccc(F)c1.COC1=NCCCCC1.C[O+](C)C.Cl.FB(F)F.Nc1cc(Br)cnc1OC=O.O=C1CCCCCN1.O=c1c2ncc(Br)cc2nc2n1CCCCC2.O=c1c2ncc(C#Cc3cccc(F)c3)cc2nc2n1CCCCC2.O=c1c2ncc(C#Cc3cccc(F)c3)cc2nc2n1CCCCC2.[2H]CF.[F-]. The highest BCUT2D eigenvalue weighted by Gasteiger charge is 2.18. The number of terminal acetylenes is 1. The Balaban J connectivity index is 0.000000291. The van der Waals surface area contributed by atoms with Crippen LogP contribution in [0.4, 0.5) is 36.2 Å². The van der Waals surface area contributed by atoms with Crippen LogP contribution in [0, 0.1) is 53.5 Å². The minimum atomic E-state index is -3.67. The third kappa shape index (κ3) is 34.0. The third-order valence-electron chi connectivity index (χ3n) is 16.8. The molecule has 15 rings (SSSR count). The van der Waals surface area contributed by atoms with Gasteiger partial charge in [-0.25, -0.2) is 48.1 Å². The first-order chi connectivity index (χ1) is 55.4. The van der Waals surface area contributed by atoms with Crippen LogP contribution in [0.15, 0.2) is 150 Å². The number of fused-ring (bicyclic) bond motifs is 6. The first-order valence-corrected chi connectivity index (χ1v) is 38.3. The van der Waals surface area contributed by atoms with E-state index in [0.717, 1.165) is 155 Å². The van der Waals surface area contributed by atoms with Crippen molar-refractivity contribution in [3.63, 3.8) is 0 Å². The van der Waals surface area contributed by atoms with Crippen LogP contribution in [-0.4, -0.2) is 123 Å². The van der Waals surface area contributed by atoms with Crippen molar-refractivity contribution in [3.8, 4) is 41.9 Å². The maximum absolute atomic E-state index is 13.2. The van der Waals surface area contributed by atoms with Crippen molar-refractivity contribution in [2.45, 2.75) is 148 Å². The second kappa shape index (κ2) is 53.4. The van der Waals surface area contributed by atoms with E-state index in [-0.39, 0.29) is 69.5 Å². The molecule has 0 radical (unpaired) electrons. The highest BCUT2D eigenvalue weighted by atomic mass is 79.9. The number of nitrogen functional groups attached to an aromatic ring is 1. The number of carbonyl (C=O) groups excluding carboxylic acids is 2. The molecule has 0 atom stereocenters. The number of pyridine rings is 4. The minimum absolute atomic E-state index is 0.